The van der Waals surface area contributed by atoms with E-state index in [2.05, 4.69) is 31.0 Å². The van der Waals surface area contributed by atoms with Gasteiger partial charge in [0.15, 0.2) is 0 Å². The molecule has 0 saturated carbocycles. The molecule has 0 aliphatic heterocycles. The SMILES string of the molecule is NCc1ccc(-c2ncn(-c3cc[c]cc3C(F)(F)F)c2-c2cnc(Cc3ccnc(C(F)(F)F)n3)nc2)cc1. The number of halogens is 6. The van der Waals surface area contributed by atoms with Crippen molar-refractivity contribution in [3.63, 3.8) is 0 Å². The molecule has 5 rings (SSSR count). The fraction of sp³-hybridized carbons (Fsp3) is 0.148. The van der Waals surface area contributed by atoms with Gasteiger partial charge in [0.2, 0.25) is 5.82 Å². The Morgan fingerprint density at radius 1 is 0.825 bits per heavy atom. The summed E-state index contributed by atoms with van der Waals surface area (Å²) in [6.45, 7) is 0.309. The van der Waals surface area contributed by atoms with E-state index in [1.807, 2.05) is 0 Å². The van der Waals surface area contributed by atoms with Crippen molar-refractivity contribution in [3.8, 4) is 28.2 Å². The van der Waals surface area contributed by atoms with Gasteiger partial charge >= 0.3 is 12.4 Å². The number of benzene rings is 2. The van der Waals surface area contributed by atoms with Gasteiger partial charge in [-0.25, -0.2) is 24.9 Å². The van der Waals surface area contributed by atoms with Gasteiger partial charge in [0.25, 0.3) is 0 Å². The highest BCUT2D eigenvalue weighted by atomic mass is 19.4. The van der Waals surface area contributed by atoms with Crippen molar-refractivity contribution in [1.29, 1.82) is 0 Å². The van der Waals surface area contributed by atoms with E-state index in [9.17, 15) is 26.3 Å². The minimum atomic E-state index is -4.71. The summed E-state index contributed by atoms with van der Waals surface area (Å²) in [6, 6.07) is 14.3. The van der Waals surface area contributed by atoms with E-state index >= 15 is 0 Å². The largest absolute Gasteiger partial charge is 0.451 e. The molecule has 3 heterocycles. The molecule has 0 saturated heterocycles. The second kappa shape index (κ2) is 10.5. The summed E-state index contributed by atoms with van der Waals surface area (Å²) in [4.78, 5) is 19.7. The van der Waals surface area contributed by atoms with Crippen LogP contribution in [0, 0.1) is 6.07 Å². The number of imidazole rings is 1. The summed E-state index contributed by atoms with van der Waals surface area (Å²) < 4.78 is 81.8. The van der Waals surface area contributed by atoms with E-state index in [4.69, 9.17) is 5.73 Å². The van der Waals surface area contributed by atoms with Gasteiger partial charge < -0.3 is 5.73 Å². The summed E-state index contributed by atoms with van der Waals surface area (Å²) in [7, 11) is 0. The first kappa shape index (κ1) is 26.9. The Morgan fingerprint density at radius 2 is 1.55 bits per heavy atom. The molecule has 0 fully saturated rings. The molecule has 1 radical (unpaired) electrons. The van der Waals surface area contributed by atoms with Crippen LogP contribution in [0.4, 0.5) is 26.3 Å². The molecule has 3 aromatic heterocycles. The lowest BCUT2D eigenvalue weighted by atomic mass is 10.0. The normalized spacial score (nSPS) is 12.1. The first-order chi connectivity index (χ1) is 19.0. The summed E-state index contributed by atoms with van der Waals surface area (Å²) in [5.41, 5.74) is 7.10. The predicted molar refractivity (Wildman–Crippen MR) is 132 cm³/mol. The summed E-state index contributed by atoms with van der Waals surface area (Å²) in [5, 5.41) is 0. The lowest BCUT2D eigenvalue weighted by Gasteiger charge is -2.16. The maximum absolute atomic E-state index is 13.9. The Balaban J connectivity index is 1.58. The predicted octanol–water partition coefficient (Wildman–Crippen LogP) is 5.67. The molecule has 0 unspecified atom stereocenters. The van der Waals surface area contributed by atoms with Gasteiger partial charge in [0.05, 0.1) is 34.8 Å². The monoisotopic (exact) mass is 554 g/mol. The number of nitrogens with two attached hydrogens (primary N) is 1. The summed E-state index contributed by atoms with van der Waals surface area (Å²) in [5.74, 6) is -1.13. The molecule has 0 amide bonds. The number of hydrogen-bond donors (Lipinski definition) is 1. The van der Waals surface area contributed by atoms with Crippen molar-refractivity contribution in [2.75, 3.05) is 0 Å². The number of hydrogen-bond acceptors (Lipinski definition) is 6. The topological polar surface area (TPSA) is 95.4 Å². The Kier molecular flexibility index (Phi) is 7.06. The fourth-order valence-corrected chi connectivity index (χ4v) is 4.04. The summed E-state index contributed by atoms with van der Waals surface area (Å²) in [6.07, 6.45) is -4.46. The molecule has 0 atom stereocenters. The van der Waals surface area contributed by atoms with E-state index in [1.165, 1.54) is 41.5 Å². The standard InChI is InChI=1S/C27H18F6N7/c28-26(29,30)20-3-1-2-4-21(20)40-15-38-23(17-7-5-16(12-34)6-8-17)24(40)18-13-36-22(37-14-18)11-19-9-10-35-25(39-19)27(31,32)33/h2-10,13-15H,11-12,34H2. The van der Waals surface area contributed by atoms with Crippen molar-refractivity contribution in [2.45, 2.75) is 25.3 Å². The highest BCUT2D eigenvalue weighted by molar-refractivity contribution is 5.79. The van der Waals surface area contributed by atoms with Crippen molar-refractivity contribution in [1.82, 2.24) is 29.5 Å². The molecule has 2 aromatic carbocycles. The second-order valence-electron chi connectivity index (χ2n) is 8.59. The average Bonchev–Trinajstić information content (AvgIpc) is 3.38. The van der Waals surface area contributed by atoms with E-state index in [1.54, 1.807) is 24.3 Å². The Morgan fingerprint density at radius 3 is 2.20 bits per heavy atom. The van der Waals surface area contributed by atoms with E-state index in [0.717, 1.165) is 17.8 Å². The van der Waals surface area contributed by atoms with Crippen molar-refractivity contribution in [3.05, 3.63) is 108 Å². The highest BCUT2D eigenvalue weighted by Gasteiger charge is 2.35. The van der Waals surface area contributed by atoms with Crippen LogP contribution in [0.1, 0.15) is 28.5 Å². The lowest BCUT2D eigenvalue weighted by Crippen LogP contribution is -2.12. The van der Waals surface area contributed by atoms with Crippen LogP contribution < -0.4 is 5.73 Å². The average molecular weight is 554 g/mol. The van der Waals surface area contributed by atoms with E-state index in [0.29, 0.717) is 23.4 Å². The first-order valence-electron chi connectivity index (χ1n) is 11.7. The zero-order valence-electron chi connectivity index (χ0n) is 20.4. The van der Waals surface area contributed by atoms with Crippen LogP contribution in [0.25, 0.3) is 28.2 Å². The second-order valence-corrected chi connectivity index (χ2v) is 8.59. The molecular formula is C27H18F6N7. The quantitative estimate of drug-likeness (QED) is 0.272. The molecule has 0 aliphatic rings. The van der Waals surface area contributed by atoms with Crippen LogP contribution in [0.5, 0.6) is 0 Å². The Labute approximate surface area is 223 Å². The van der Waals surface area contributed by atoms with Gasteiger partial charge in [-0.3, -0.25) is 4.57 Å². The lowest BCUT2D eigenvalue weighted by molar-refractivity contribution is -0.145. The maximum Gasteiger partial charge on any atom is 0.451 e. The molecule has 40 heavy (non-hydrogen) atoms. The molecule has 2 N–H and O–H groups in total. The number of rotatable bonds is 6. The van der Waals surface area contributed by atoms with E-state index in [-0.39, 0.29) is 29.3 Å². The van der Waals surface area contributed by atoms with Gasteiger partial charge in [-0.15, -0.1) is 0 Å². The molecule has 0 spiro atoms. The zero-order chi connectivity index (χ0) is 28.5. The highest BCUT2D eigenvalue weighted by Crippen LogP contribution is 2.38. The third-order valence-electron chi connectivity index (χ3n) is 5.92. The van der Waals surface area contributed by atoms with Crippen molar-refractivity contribution in [2.24, 2.45) is 5.73 Å². The van der Waals surface area contributed by atoms with Gasteiger partial charge in [-0.05, 0) is 29.8 Å². The zero-order valence-corrected chi connectivity index (χ0v) is 20.4. The minimum Gasteiger partial charge on any atom is -0.326 e. The Bertz CT molecular complexity index is 1630. The van der Waals surface area contributed by atoms with Gasteiger partial charge in [0.1, 0.15) is 12.2 Å². The molecular weight excluding hydrogens is 536 g/mol. The number of nitrogens with zero attached hydrogens (tertiary/aromatic N) is 6. The molecule has 203 valence electrons. The van der Waals surface area contributed by atoms with Crippen LogP contribution in [0.2, 0.25) is 0 Å². The van der Waals surface area contributed by atoms with Crippen molar-refractivity contribution < 1.29 is 26.3 Å². The number of aromatic nitrogens is 6. The fourth-order valence-electron chi connectivity index (χ4n) is 4.04. The smallest absolute Gasteiger partial charge is 0.326 e. The minimum absolute atomic E-state index is 0.0520. The van der Waals surface area contributed by atoms with Crippen LogP contribution in [0.3, 0.4) is 0 Å². The third kappa shape index (κ3) is 5.54. The van der Waals surface area contributed by atoms with Gasteiger partial charge in [-0.2, -0.15) is 26.3 Å². The molecule has 7 nitrogen and oxygen atoms in total. The van der Waals surface area contributed by atoms with Gasteiger partial charge in [-0.1, -0.05) is 30.3 Å². The molecule has 0 bridgehead atoms. The molecule has 0 aliphatic carbocycles. The van der Waals surface area contributed by atoms with Gasteiger partial charge in [0, 0.05) is 36.3 Å². The maximum atomic E-state index is 13.9. The van der Waals surface area contributed by atoms with Crippen molar-refractivity contribution >= 4 is 0 Å². The van der Waals surface area contributed by atoms with Crippen LogP contribution >= 0.6 is 0 Å². The van der Waals surface area contributed by atoms with Crippen LogP contribution in [-0.2, 0) is 25.3 Å². The third-order valence-corrected chi connectivity index (χ3v) is 5.92. The number of alkyl halides is 6. The molecule has 13 heteroatoms. The summed E-state index contributed by atoms with van der Waals surface area (Å²) >= 11 is 0. The van der Waals surface area contributed by atoms with Crippen LogP contribution in [-0.4, -0.2) is 29.5 Å². The Hall–Kier alpha value is -4.65. The van der Waals surface area contributed by atoms with Crippen LogP contribution in [0.15, 0.2) is 73.4 Å². The van der Waals surface area contributed by atoms with E-state index < -0.39 is 23.7 Å². The molecule has 5 aromatic rings. The first-order valence-corrected chi connectivity index (χ1v) is 11.7.